The molecule has 114 valence electrons. The molecule has 5 nitrogen and oxygen atoms in total. The SMILES string of the molecule is CC(C)(c1ccc(Br)cc1)N1C=CC(=O)NC1n1cccn1. The van der Waals surface area contributed by atoms with Gasteiger partial charge in [-0.05, 0) is 37.6 Å². The minimum atomic E-state index is -0.355. The van der Waals surface area contributed by atoms with E-state index in [1.165, 1.54) is 0 Å². The van der Waals surface area contributed by atoms with Crippen LogP contribution in [0.5, 0.6) is 0 Å². The third kappa shape index (κ3) is 2.66. The average Bonchev–Trinajstić information content (AvgIpc) is 3.01. The number of amides is 1. The summed E-state index contributed by atoms with van der Waals surface area (Å²) in [5.74, 6) is -0.122. The molecule has 0 aliphatic carbocycles. The summed E-state index contributed by atoms with van der Waals surface area (Å²) in [5.41, 5.74) is 0.829. The minimum absolute atomic E-state index is 0.122. The van der Waals surface area contributed by atoms with Crippen LogP contribution >= 0.6 is 15.9 Å². The molecule has 3 rings (SSSR count). The second-order valence-electron chi connectivity index (χ2n) is 5.66. The molecule has 22 heavy (non-hydrogen) atoms. The number of nitrogens with one attached hydrogen (secondary N) is 1. The number of rotatable bonds is 3. The van der Waals surface area contributed by atoms with Gasteiger partial charge in [-0.15, -0.1) is 0 Å². The summed E-state index contributed by atoms with van der Waals surface area (Å²) in [6.45, 7) is 4.24. The van der Waals surface area contributed by atoms with Gasteiger partial charge in [0.05, 0.1) is 5.54 Å². The zero-order valence-corrected chi connectivity index (χ0v) is 14.0. The van der Waals surface area contributed by atoms with Crippen LogP contribution in [0.25, 0.3) is 0 Å². The number of carbonyl (C=O) groups is 1. The van der Waals surface area contributed by atoms with Gasteiger partial charge < -0.3 is 10.2 Å². The normalized spacial score (nSPS) is 18.4. The van der Waals surface area contributed by atoms with Crippen LogP contribution in [0.4, 0.5) is 0 Å². The third-order valence-corrected chi connectivity index (χ3v) is 4.42. The summed E-state index contributed by atoms with van der Waals surface area (Å²) in [7, 11) is 0. The van der Waals surface area contributed by atoms with E-state index in [0.29, 0.717) is 0 Å². The number of hydrogen-bond acceptors (Lipinski definition) is 3. The van der Waals surface area contributed by atoms with Crippen LogP contribution in [-0.4, -0.2) is 20.6 Å². The van der Waals surface area contributed by atoms with E-state index in [4.69, 9.17) is 0 Å². The summed E-state index contributed by atoms with van der Waals surface area (Å²) in [4.78, 5) is 13.8. The van der Waals surface area contributed by atoms with Crippen LogP contribution in [0.3, 0.4) is 0 Å². The fourth-order valence-corrected chi connectivity index (χ4v) is 2.86. The molecule has 6 heteroatoms. The van der Waals surface area contributed by atoms with E-state index < -0.39 is 0 Å². The second kappa shape index (κ2) is 5.61. The fourth-order valence-electron chi connectivity index (χ4n) is 2.59. The predicted octanol–water partition coefficient (Wildman–Crippen LogP) is 2.98. The Kier molecular flexibility index (Phi) is 3.78. The van der Waals surface area contributed by atoms with Crippen molar-refractivity contribution >= 4 is 21.8 Å². The number of hydrogen-bond donors (Lipinski definition) is 1. The van der Waals surface area contributed by atoms with Gasteiger partial charge >= 0.3 is 0 Å². The lowest BCUT2D eigenvalue weighted by Gasteiger charge is -2.45. The summed E-state index contributed by atoms with van der Waals surface area (Å²) >= 11 is 3.46. The van der Waals surface area contributed by atoms with Crippen LogP contribution in [0.2, 0.25) is 0 Å². The van der Waals surface area contributed by atoms with Gasteiger partial charge in [-0.25, -0.2) is 4.68 Å². The van der Waals surface area contributed by atoms with E-state index in [9.17, 15) is 4.79 Å². The Morgan fingerprint density at radius 1 is 1.27 bits per heavy atom. The highest BCUT2D eigenvalue weighted by Gasteiger charge is 2.35. The highest BCUT2D eigenvalue weighted by molar-refractivity contribution is 9.10. The minimum Gasteiger partial charge on any atom is -0.330 e. The highest BCUT2D eigenvalue weighted by Crippen LogP contribution is 2.34. The first-order valence-corrected chi connectivity index (χ1v) is 7.80. The summed E-state index contributed by atoms with van der Waals surface area (Å²) < 4.78 is 2.78. The topological polar surface area (TPSA) is 50.2 Å². The molecule has 1 aliphatic heterocycles. The Morgan fingerprint density at radius 3 is 2.64 bits per heavy atom. The van der Waals surface area contributed by atoms with Crippen molar-refractivity contribution in [3.8, 4) is 0 Å². The van der Waals surface area contributed by atoms with Crippen LogP contribution in [0, 0.1) is 0 Å². The molecule has 2 heterocycles. The summed E-state index contributed by atoms with van der Waals surface area (Å²) in [6.07, 6.45) is 6.56. The molecule has 0 saturated carbocycles. The second-order valence-corrected chi connectivity index (χ2v) is 6.57. The number of carbonyl (C=O) groups excluding carboxylic acids is 1. The average molecular weight is 361 g/mol. The maximum atomic E-state index is 11.8. The molecule has 1 atom stereocenters. The molecule has 1 unspecified atom stereocenters. The lowest BCUT2D eigenvalue weighted by atomic mass is 9.92. The quantitative estimate of drug-likeness (QED) is 0.915. The molecular weight excluding hydrogens is 344 g/mol. The summed E-state index contributed by atoms with van der Waals surface area (Å²) in [6, 6.07) is 10.0. The van der Waals surface area contributed by atoms with Crippen LogP contribution in [0.1, 0.15) is 25.7 Å². The molecule has 0 spiro atoms. The molecule has 1 N–H and O–H groups in total. The van der Waals surface area contributed by atoms with Crippen molar-refractivity contribution in [2.24, 2.45) is 0 Å². The molecule has 1 aliphatic rings. The first-order chi connectivity index (χ1) is 10.5. The van der Waals surface area contributed by atoms with Gasteiger partial charge in [0.25, 0.3) is 0 Å². The van der Waals surface area contributed by atoms with Crippen molar-refractivity contribution in [3.63, 3.8) is 0 Å². The molecule has 1 aromatic carbocycles. The lowest BCUT2D eigenvalue weighted by Crippen LogP contribution is -2.52. The van der Waals surface area contributed by atoms with Gasteiger partial charge in [-0.2, -0.15) is 5.10 Å². The Labute approximate surface area is 137 Å². The number of aromatic nitrogens is 2. The standard InChI is InChI=1S/C16H17BrN4O/c1-16(2,12-4-6-13(17)7-5-12)20-11-8-14(22)19-15(20)21-10-3-9-18-21/h3-11,15H,1-2H3,(H,19,22). The molecule has 0 saturated heterocycles. The Morgan fingerprint density at radius 2 is 2.00 bits per heavy atom. The van der Waals surface area contributed by atoms with E-state index >= 15 is 0 Å². The molecule has 1 aromatic heterocycles. The number of nitrogens with zero attached hydrogens (tertiary/aromatic N) is 3. The van der Waals surface area contributed by atoms with Gasteiger partial charge in [-0.3, -0.25) is 4.79 Å². The van der Waals surface area contributed by atoms with Crippen molar-refractivity contribution in [2.45, 2.75) is 25.7 Å². The van der Waals surface area contributed by atoms with E-state index in [1.54, 1.807) is 17.0 Å². The number of benzene rings is 1. The fraction of sp³-hybridized carbons (Fsp3) is 0.250. The van der Waals surface area contributed by atoms with Gasteiger partial charge in [0.2, 0.25) is 12.2 Å². The summed E-state index contributed by atoms with van der Waals surface area (Å²) in [5, 5.41) is 7.21. The molecule has 0 fully saturated rings. The van der Waals surface area contributed by atoms with E-state index in [-0.39, 0.29) is 17.7 Å². The van der Waals surface area contributed by atoms with Crippen LogP contribution in [-0.2, 0) is 10.3 Å². The predicted molar refractivity (Wildman–Crippen MR) is 87.6 cm³/mol. The van der Waals surface area contributed by atoms with Gasteiger partial charge in [-0.1, -0.05) is 28.1 Å². The Bertz CT molecular complexity index is 691. The monoisotopic (exact) mass is 360 g/mol. The first kappa shape index (κ1) is 14.8. The zero-order chi connectivity index (χ0) is 15.7. The molecule has 0 radical (unpaired) electrons. The van der Waals surface area contributed by atoms with Gasteiger partial charge in [0, 0.05) is 29.1 Å². The van der Waals surface area contributed by atoms with E-state index in [1.807, 2.05) is 30.6 Å². The van der Waals surface area contributed by atoms with E-state index in [0.717, 1.165) is 10.0 Å². The van der Waals surface area contributed by atoms with Crippen molar-refractivity contribution in [1.82, 2.24) is 20.0 Å². The largest absolute Gasteiger partial charge is 0.330 e. The maximum Gasteiger partial charge on any atom is 0.248 e. The van der Waals surface area contributed by atoms with Crippen LogP contribution < -0.4 is 5.32 Å². The van der Waals surface area contributed by atoms with Crippen LogP contribution in [0.15, 0.2) is 59.5 Å². The lowest BCUT2D eigenvalue weighted by molar-refractivity contribution is -0.122. The van der Waals surface area contributed by atoms with Crippen molar-refractivity contribution < 1.29 is 4.79 Å². The zero-order valence-electron chi connectivity index (χ0n) is 12.4. The van der Waals surface area contributed by atoms with Gasteiger partial charge in [0.1, 0.15) is 0 Å². The molecular formula is C16H17BrN4O. The first-order valence-electron chi connectivity index (χ1n) is 7.01. The Hall–Kier alpha value is -2.08. The molecule has 1 amide bonds. The third-order valence-electron chi connectivity index (χ3n) is 3.89. The molecule has 0 bridgehead atoms. The van der Waals surface area contributed by atoms with E-state index in [2.05, 4.69) is 57.2 Å². The highest BCUT2D eigenvalue weighted by atomic mass is 79.9. The smallest absolute Gasteiger partial charge is 0.248 e. The Balaban J connectivity index is 2.00. The van der Waals surface area contributed by atoms with Crippen molar-refractivity contribution in [2.75, 3.05) is 0 Å². The van der Waals surface area contributed by atoms with Gasteiger partial charge in [0.15, 0.2) is 0 Å². The molecule has 2 aromatic rings. The van der Waals surface area contributed by atoms with Crippen molar-refractivity contribution in [3.05, 3.63) is 65.0 Å². The maximum absolute atomic E-state index is 11.8. The number of halogens is 1. The van der Waals surface area contributed by atoms with Crippen molar-refractivity contribution in [1.29, 1.82) is 0 Å².